The molecule has 0 fully saturated rings. The van der Waals surface area contributed by atoms with Gasteiger partial charge in [0, 0.05) is 9.99 Å². The van der Waals surface area contributed by atoms with Crippen LogP contribution in [-0.4, -0.2) is 30.1 Å². The average Bonchev–Trinajstić information content (AvgIpc) is 2.67. The molecular formula is C19H17F3INO4. The Kier molecular flexibility index (Phi) is 7.41. The first-order valence-electron chi connectivity index (χ1n) is 8.10. The highest BCUT2D eigenvalue weighted by Crippen LogP contribution is 2.30. The fourth-order valence-corrected chi connectivity index (χ4v) is 3.08. The predicted molar refractivity (Wildman–Crippen MR) is 103 cm³/mol. The molecular weight excluding hydrogens is 490 g/mol. The summed E-state index contributed by atoms with van der Waals surface area (Å²) in [7, 11) is 1.17. The molecule has 0 aliphatic rings. The van der Waals surface area contributed by atoms with E-state index in [1.165, 1.54) is 7.11 Å². The topological polar surface area (TPSA) is 75.6 Å². The molecule has 0 saturated carbocycles. The van der Waals surface area contributed by atoms with Crippen molar-refractivity contribution in [1.29, 1.82) is 0 Å². The van der Waals surface area contributed by atoms with E-state index in [2.05, 4.69) is 27.9 Å². The van der Waals surface area contributed by atoms with Crippen molar-refractivity contribution in [1.82, 2.24) is 5.32 Å². The molecule has 0 aliphatic carbocycles. The molecule has 28 heavy (non-hydrogen) atoms. The Bertz CT molecular complexity index is 840. The van der Waals surface area contributed by atoms with Gasteiger partial charge in [-0.1, -0.05) is 30.3 Å². The number of nitrogens with one attached hydrogen (secondary N) is 1. The quantitative estimate of drug-likeness (QED) is 0.465. The Hall–Kier alpha value is -2.14. The van der Waals surface area contributed by atoms with Gasteiger partial charge in [0.2, 0.25) is 0 Å². The van der Waals surface area contributed by atoms with Gasteiger partial charge >= 0.3 is 12.1 Å². The van der Waals surface area contributed by atoms with Gasteiger partial charge in [-0.2, -0.15) is 13.2 Å². The lowest BCUT2D eigenvalue weighted by atomic mass is 10.0. The predicted octanol–water partition coefficient (Wildman–Crippen LogP) is 3.24. The van der Waals surface area contributed by atoms with Crippen LogP contribution in [0.15, 0.2) is 48.5 Å². The van der Waals surface area contributed by atoms with Gasteiger partial charge in [-0.25, -0.2) is 4.79 Å². The number of aliphatic hydroxyl groups excluding tert-OH is 1. The minimum atomic E-state index is -4.52. The lowest BCUT2D eigenvalue weighted by Crippen LogP contribution is -2.45. The number of hydrogen-bond acceptors (Lipinski definition) is 4. The van der Waals surface area contributed by atoms with Gasteiger partial charge < -0.3 is 15.2 Å². The molecule has 150 valence electrons. The van der Waals surface area contributed by atoms with E-state index in [0.29, 0.717) is 0 Å². The summed E-state index contributed by atoms with van der Waals surface area (Å²) in [4.78, 5) is 24.4. The van der Waals surface area contributed by atoms with Gasteiger partial charge in [0.05, 0.1) is 12.7 Å². The van der Waals surface area contributed by atoms with Crippen LogP contribution in [0.5, 0.6) is 0 Å². The number of rotatable bonds is 6. The fourth-order valence-electron chi connectivity index (χ4n) is 2.48. The van der Waals surface area contributed by atoms with Crippen molar-refractivity contribution in [2.24, 2.45) is 0 Å². The van der Waals surface area contributed by atoms with E-state index in [0.717, 1.165) is 33.4 Å². The number of hydrogen-bond donors (Lipinski definition) is 2. The molecule has 0 bridgehead atoms. The molecule has 0 unspecified atom stereocenters. The number of methoxy groups -OCH3 is 1. The van der Waals surface area contributed by atoms with Crippen molar-refractivity contribution in [2.75, 3.05) is 7.11 Å². The Labute approximate surface area is 173 Å². The lowest BCUT2D eigenvalue weighted by molar-refractivity contribution is -0.146. The van der Waals surface area contributed by atoms with Gasteiger partial charge in [-0.05, 0) is 51.9 Å². The molecule has 2 N–H and O–H groups in total. The molecule has 2 aromatic carbocycles. The number of esters is 1. The maximum Gasteiger partial charge on any atom is 0.416 e. The van der Waals surface area contributed by atoms with E-state index in [-0.39, 0.29) is 12.0 Å². The normalized spacial score (nSPS) is 13.5. The van der Waals surface area contributed by atoms with Gasteiger partial charge in [0.25, 0.3) is 5.91 Å². The maximum atomic E-state index is 12.6. The molecule has 0 spiro atoms. The monoisotopic (exact) mass is 507 g/mol. The Balaban J connectivity index is 2.14. The molecule has 9 heteroatoms. The number of ether oxygens (including phenoxy) is 1. The first-order valence-corrected chi connectivity index (χ1v) is 9.18. The Morgan fingerprint density at radius 1 is 1.14 bits per heavy atom. The fraction of sp³-hybridized carbons (Fsp3) is 0.263. The average molecular weight is 507 g/mol. The summed E-state index contributed by atoms with van der Waals surface area (Å²) in [5.41, 5.74) is -0.124. The molecule has 0 aliphatic heterocycles. The van der Waals surface area contributed by atoms with Gasteiger partial charge in [-0.3, -0.25) is 4.79 Å². The first-order chi connectivity index (χ1) is 13.1. The maximum absolute atomic E-state index is 12.6. The molecule has 0 saturated heterocycles. The highest BCUT2D eigenvalue weighted by atomic mass is 127. The van der Waals surface area contributed by atoms with E-state index in [1.807, 2.05) is 12.1 Å². The van der Waals surface area contributed by atoms with Crippen molar-refractivity contribution in [3.8, 4) is 0 Å². The smallest absolute Gasteiger partial charge is 0.416 e. The van der Waals surface area contributed by atoms with Crippen LogP contribution >= 0.6 is 22.6 Å². The van der Waals surface area contributed by atoms with Gasteiger partial charge in [-0.15, -0.1) is 0 Å². The summed E-state index contributed by atoms with van der Waals surface area (Å²) in [6.07, 6.45) is -6.12. The SMILES string of the molecule is COC(=O)[C@@H](Cc1ccccc1I)NC(=O)[C@@H](O)c1ccc(C(F)(F)F)cc1. The van der Waals surface area contributed by atoms with Crippen LogP contribution in [0, 0.1) is 3.57 Å². The van der Waals surface area contributed by atoms with Crippen LogP contribution in [0.2, 0.25) is 0 Å². The molecule has 5 nitrogen and oxygen atoms in total. The number of halogens is 4. The third-order valence-corrected chi connectivity index (χ3v) is 5.04. The van der Waals surface area contributed by atoms with Crippen LogP contribution in [0.4, 0.5) is 13.2 Å². The minimum absolute atomic E-state index is 0.0246. The number of amides is 1. The van der Waals surface area contributed by atoms with Crippen molar-refractivity contribution in [3.63, 3.8) is 0 Å². The standard InChI is InChI=1S/C19H17F3INO4/c1-28-18(27)15(10-12-4-2-3-5-14(12)23)24-17(26)16(25)11-6-8-13(9-7-11)19(20,21)22/h2-9,15-16,25H,10H2,1H3,(H,24,26)/t15-,16+/m1/s1. The zero-order chi connectivity index (χ0) is 20.9. The molecule has 2 aromatic rings. The summed E-state index contributed by atoms with van der Waals surface area (Å²) in [6.45, 7) is 0. The van der Waals surface area contributed by atoms with Crippen molar-refractivity contribution < 1.29 is 32.6 Å². The van der Waals surface area contributed by atoms with Gasteiger partial charge in [0.1, 0.15) is 6.04 Å². The number of alkyl halides is 3. The largest absolute Gasteiger partial charge is 0.467 e. The second-order valence-electron chi connectivity index (χ2n) is 5.90. The summed E-state index contributed by atoms with van der Waals surface area (Å²) in [5, 5.41) is 12.6. The van der Waals surface area contributed by atoms with E-state index in [1.54, 1.807) is 12.1 Å². The van der Waals surface area contributed by atoms with Crippen molar-refractivity contribution in [2.45, 2.75) is 24.7 Å². The summed E-state index contributed by atoms with van der Waals surface area (Å²) in [6, 6.07) is 9.75. The number of benzene rings is 2. The molecule has 2 rings (SSSR count). The molecule has 0 aromatic heterocycles. The summed E-state index contributed by atoms with van der Waals surface area (Å²) >= 11 is 2.09. The molecule has 0 radical (unpaired) electrons. The first kappa shape index (κ1) is 22.2. The second kappa shape index (κ2) is 9.37. The highest BCUT2D eigenvalue weighted by Gasteiger charge is 2.31. The van der Waals surface area contributed by atoms with Gasteiger partial charge in [0.15, 0.2) is 6.10 Å². The van der Waals surface area contributed by atoms with Crippen LogP contribution in [0.3, 0.4) is 0 Å². The van der Waals surface area contributed by atoms with Crippen LogP contribution in [0.25, 0.3) is 0 Å². The number of aliphatic hydroxyl groups is 1. The molecule has 2 atom stereocenters. The molecule has 0 heterocycles. The molecule has 1 amide bonds. The van der Waals surface area contributed by atoms with Crippen LogP contribution in [-0.2, 0) is 26.9 Å². The zero-order valence-electron chi connectivity index (χ0n) is 14.7. The van der Waals surface area contributed by atoms with E-state index in [4.69, 9.17) is 4.74 Å². The van der Waals surface area contributed by atoms with Crippen molar-refractivity contribution >= 4 is 34.5 Å². The Morgan fingerprint density at radius 3 is 2.29 bits per heavy atom. The van der Waals surface area contributed by atoms with E-state index < -0.39 is 35.8 Å². The highest BCUT2D eigenvalue weighted by molar-refractivity contribution is 14.1. The lowest BCUT2D eigenvalue weighted by Gasteiger charge is -2.20. The van der Waals surface area contributed by atoms with Crippen LogP contribution < -0.4 is 5.32 Å². The van der Waals surface area contributed by atoms with E-state index >= 15 is 0 Å². The second-order valence-corrected chi connectivity index (χ2v) is 7.06. The number of carbonyl (C=O) groups is 2. The third kappa shape index (κ3) is 5.68. The Morgan fingerprint density at radius 2 is 1.75 bits per heavy atom. The van der Waals surface area contributed by atoms with Crippen LogP contribution in [0.1, 0.15) is 22.8 Å². The zero-order valence-corrected chi connectivity index (χ0v) is 16.8. The third-order valence-electron chi connectivity index (χ3n) is 3.99. The summed E-state index contributed by atoms with van der Waals surface area (Å²) < 4.78 is 43.5. The number of carbonyl (C=O) groups excluding carboxylic acids is 2. The van der Waals surface area contributed by atoms with E-state index in [9.17, 15) is 27.9 Å². The van der Waals surface area contributed by atoms with Crippen molar-refractivity contribution in [3.05, 3.63) is 68.8 Å². The minimum Gasteiger partial charge on any atom is -0.467 e. The summed E-state index contributed by atoms with van der Waals surface area (Å²) in [5.74, 6) is -1.62.